The minimum absolute atomic E-state index is 0.560. The highest BCUT2D eigenvalue weighted by atomic mass is 16.5. The number of carbonyl (C=O) groups is 1. The highest BCUT2D eigenvalue weighted by Crippen LogP contribution is 2.32. The first kappa shape index (κ1) is 12.9. The first-order chi connectivity index (χ1) is 8.85. The van der Waals surface area contributed by atoms with Crippen LogP contribution in [0.3, 0.4) is 0 Å². The number of methoxy groups -OCH3 is 1. The van der Waals surface area contributed by atoms with Gasteiger partial charge in [0.25, 0.3) is 0 Å². The van der Waals surface area contributed by atoms with Gasteiger partial charge in [-0.25, -0.2) is 0 Å². The monoisotopic (exact) mass is 248 g/mol. The van der Waals surface area contributed by atoms with Crippen LogP contribution in [0.25, 0.3) is 0 Å². The van der Waals surface area contributed by atoms with Crippen molar-refractivity contribution in [2.75, 3.05) is 13.7 Å². The molecule has 0 saturated heterocycles. The van der Waals surface area contributed by atoms with Crippen LogP contribution in [0.1, 0.15) is 42.5 Å². The number of ether oxygens (including phenoxy) is 2. The zero-order valence-corrected chi connectivity index (χ0v) is 10.9. The van der Waals surface area contributed by atoms with Gasteiger partial charge in [-0.2, -0.15) is 0 Å². The van der Waals surface area contributed by atoms with Gasteiger partial charge in [-0.3, -0.25) is 4.79 Å². The lowest BCUT2D eigenvalue weighted by Crippen LogP contribution is -2.16. The zero-order valence-electron chi connectivity index (χ0n) is 10.9. The fourth-order valence-corrected chi connectivity index (χ4v) is 2.50. The Bertz CT molecular complexity index is 395. The molecule has 1 fully saturated rings. The molecule has 0 aromatic heterocycles. The largest absolute Gasteiger partial charge is 0.493 e. The molecule has 98 valence electrons. The number of aldehydes is 1. The van der Waals surface area contributed by atoms with E-state index < -0.39 is 0 Å². The predicted molar refractivity (Wildman–Crippen MR) is 70.5 cm³/mol. The molecule has 0 atom stereocenters. The van der Waals surface area contributed by atoms with Crippen molar-refractivity contribution in [3.8, 4) is 11.5 Å². The Balaban J connectivity index is 2.04. The molecule has 1 saturated carbocycles. The summed E-state index contributed by atoms with van der Waals surface area (Å²) in [5.41, 5.74) is 0.560. The number of benzene rings is 1. The maximum Gasteiger partial charge on any atom is 0.171 e. The molecule has 18 heavy (non-hydrogen) atoms. The van der Waals surface area contributed by atoms with Gasteiger partial charge >= 0.3 is 0 Å². The Kier molecular flexibility index (Phi) is 4.62. The number of rotatable bonds is 5. The van der Waals surface area contributed by atoms with Gasteiger partial charge in [-0.1, -0.05) is 25.3 Å². The highest BCUT2D eigenvalue weighted by molar-refractivity contribution is 5.81. The molecular weight excluding hydrogens is 228 g/mol. The van der Waals surface area contributed by atoms with Crippen LogP contribution in [0.15, 0.2) is 18.2 Å². The van der Waals surface area contributed by atoms with Crippen LogP contribution in [-0.4, -0.2) is 20.0 Å². The van der Waals surface area contributed by atoms with Crippen LogP contribution in [0.4, 0.5) is 0 Å². The fraction of sp³-hybridized carbons (Fsp3) is 0.533. The molecule has 0 amide bonds. The van der Waals surface area contributed by atoms with E-state index in [0.29, 0.717) is 29.6 Å². The van der Waals surface area contributed by atoms with Crippen molar-refractivity contribution in [1.82, 2.24) is 0 Å². The molecule has 1 aromatic carbocycles. The van der Waals surface area contributed by atoms with Crippen molar-refractivity contribution in [2.24, 2.45) is 5.92 Å². The molecule has 3 nitrogen and oxygen atoms in total. The first-order valence-electron chi connectivity index (χ1n) is 6.60. The van der Waals surface area contributed by atoms with Crippen molar-refractivity contribution >= 4 is 6.29 Å². The Morgan fingerprint density at radius 2 is 2.06 bits per heavy atom. The molecule has 0 aliphatic heterocycles. The summed E-state index contributed by atoms with van der Waals surface area (Å²) in [6.45, 7) is 0.682. The van der Waals surface area contributed by atoms with Gasteiger partial charge in [0.1, 0.15) is 0 Å². The molecule has 2 rings (SSSR count). The Labute approximate surface area is 108 Å². The second-order valence-electron chi connectivity index (χ2n) is 4.81. The van der Waals surface area contributed by atoms with E-state index in [9.17, 15) is 4.79 Å². The average Bonchev–Trinajstić information content (AvgIpc) is 2.45. The number of para-hydroxylation sites is 1. The third-order valence-electron chi connectivity index (χ3n) is 3.54. The summed E-state index contributed by atoms with van der Waals surface area (Å²) in [7, 11) is 1.59. The Morgan fingerprint density at radius 3 is 2.72 bits per heavy atom. The molecule has 0 unspecified atom stereocenters. The van der Waals surface area contributed by atoms with Crippen molar-refractivity contribution in [3.63, 3.8) is 0 Å². The molecule has 0 heterocycles. The lowest BCUT2D eigenvalue weighted by molar-refractivity contribution is 0.111. The smallest absolute Gasteiger partial charge is 0.171 e. The van der Waals surface area contributed by atoms with Crippen molar-refractivity contribution in [1.29, 1.82) is 0 Å². The summed E-state index contributed by atoms with van der Waals surface area (Å²) in [6, 6.07) is 5.38. The van der Waals surface area contributed by atoms with Crippen LogP contribution in [0.2, 0.25) is 0 Å². The van der Waals surface area contributed by atoms with Crippen LogP contribution in [-0.2, 0) is 0 Å². The second-order valence-corrected chi connectivity index (χ2v) is 4.81. The molecule has 0 N–H and O–H groups in total. The molecule has 1 aliphatic rings. The van der Waals surface area contributed by atoms with Gasteiger partial charge in [-0.05, 0) is 30.9 Å². The standard InChI is InChI=1S/C15H20O3/c1-17-14-9-5-8-13(10-16)15(14)18-11-12-6-3-2-4-7-12/h5,8-10,12H,2-4,6-7,11H2,1H3. The molecular formula is C15H20O3. The van der Waals surface area contributed by atoms with Crippen molar-refractivity contribution in [3.05, 3.63) is 23.8 Å². The van der Waals surface area contributed by atoms with Crippen LogP contribution in [0.5, 0.6) is 11.5 Å². The van der Waals surface area contributed by atoms with E-state index in [1.807, 2.05) is 6.07 Å². The van der Waals surface area contributed by atoms with Gasteiger partial charge in [0.05, 0.1) is 19.3 Å². The van der Waals surface area contributed by atoms with E-state index in [2.05, 4.69) is 0 Å². The summed E-state index contributed by atoms with van der Waals surface area (Å²) < 4.78 is 11.1. The minimum atomic E-state index is 0.560. The number of hydrogen-bond acceptors (Lipinski definition) is 3. The quantitative estimate of drug-likeness (QED) is 0.748. The van der Waals surface area contributed by atoms with Crippen LogP contribution in [0, 0.1) is 5.92 Å². The van der Waals surface area contributed by atoms with E-state index in [0.717, 1.165) is 6.29 Å². The van der Waals surface area contributed by atoms with Gasteiger partial charge in [0.15, 0.2) is 17.8 Å². The molecule has 0 bridgehead atoms. The van der Waals surface area contributed by atoms with E-state index in [1.165, 1.54) is 32.1 Å². The maximum atomic E-state index is 11.0. The highest BCUT2D eigenvalue weighted by Gasteiger charge is 2.16. The Hall–Kier alpha value is -1.51. The third-order valence-corrected chi connectivity index (χ3v) is 3.54. The normalized spacial score (nSPS) is 16.3. The SMILES string of the molecule is COc1cccc(C=O)c1OCC1CCCCC1. The summed E-state index contributed by atoms with van der Waals surface area (Å²) in [6.07, 6.45) is 7.20. The summed E-state index contributed by atoms with van der Waals surface area (Å²) >= 11 is 0. The zero-order chi connectivity index (χ0) is 12.8. The molecule has 3 heteroatoms. The van der Waals surface area contributed by atoms with Gasteiger partial charge in [-0.15, -0.1) is 0 Å². The second kappa shape index (κ2) is 6.43. The van der Waals surface area contributed by atoms with Gasteiger partial charge in [0, 0.05) is 0 Å². The Morgan fingerprint density at radius 1 is 1.28 bits per heavy atom. The van der Waals surface area contributed by atoms with Gasteiger partial charge < -0.3 is 9.47 Å². The predicted octanol–water partition coefficient (Wildman–Crippen LogP) is 3.47. The number of hydrogen-bond donors (Lipinski definition) is 0. The number of carbonyl (C=O) groups excluding carboxylic acids is 1. The molecule has 1 aliphatic carbocycles. The molecule has 0 spiro atoms. The fourth-order valence-electron chi connectivity index (χ4n) is 2.50. The minimum Gasteiger partial charge on any atom is -0.493 e. The van der Waals surface area contributed by atoms with Crippen LogP contribution < -0.4 is 9.47 Å². The van der Waals surface area contributed by atoms with Gasteiger partial charge in [0.2, 0.25) is 0 Å². The maximum absolute atomic E-state index is 11.0. The lowest BCUT2D eigenvalue weighted by Gasteiger charge is -2.22. The summed E-state index contributed by atoms with van der Waals surface area (Å²) in [5.74, 6) is 1.83. The van der Waals surface area contributed by atoms with E-state index in [4.69, 9.17) is 9.47 Å². The van der Waals surface area contributed by atoms with E-state index in [1.54, 1.807) is 19.2 Å². The van der Waals surface area contributed by atoms with E-state index in [-0.39, 0.29) is 0 Å². The molecule has 0 radical (unpaired) electrons. The first-order valence-corrected chi connectivity index (χ1v) is 6.60. The molecule has 1 aromatic rings. The lowest BCUT2D eigenvalue weighted by atomic mass is 9.90. The average molecular weight is 248 g/mol. The van der Waals surface area contributed by atoms with Crippen molar-refractivity contribution in [2.45, 2.75) is 32.1 Å². The third kappa shape index (κ3) is 3.03. The van der Waals surface area contributed by atoms with Crippen LogP contribution >= 0.6 is 0 Å². The van der Waals surface area contributed by atoms with Crippen molar-refractivity contribution < 1.29 is 14.3 Å². The van der Waals surface area contributed by atoms with E-state index >= 15 is 0 Å². The summed E-state index contributed by atoms with van der Waals surface area (Å²) in [4.78, 5) is 11.0. The topological polar surface area (TPSA) is 35.5 Å². The summed E-state index contributed by atoms with van der Waals surface area (Å²) in [5, 5.41) is 0.